The summed E-state index contributed by atoms with van der Waals surface area (Å²) in [5.41, 5.74) is 0. The summed E-state index contributed by atoms with van der Waals surface area (Å²) in [5, 5.41) is 12.3. The van der Waals surface area contributed by atoms with Crippen LogP contribution in [0.5, 0.6) is 0 Å². The molecule has 0 aromatic heterocycles. The molecule has 0 aromatic carbocycles. The average Bonchev–Trinajstić information content (AvgIpc) is 2.42. The van der Waals surface area contributed by atoms with Crippen LogP contribution in [0, 0.1) is 0 Å². The Balaban J connectivity index is 4.23. The molecule has 0 aromatic rings. The summed E-state index contributed by atoms with van der Waals surface area (Å²) in [6.45, 7) is 12.9. The van der Waals surface area contributed by atoms with Crippen LogP contribution in [0.15, 0.2) is 0 Å². The van der Waals surface area contributed by atoms with Crippen LogP contribution >= 0.6 is 0 Å². The molecule has 0 saturated carbocycles. The van der Waals surface area contributed by atoms with Crippen molar-refractivity contribution < 1.29 is 19.4 Å². The van der Waals surface area contributed by atoms with Crippen LogP contribution in [-0.2, 0) is 14.3 Å². The van der Waals surface area contributed by atoms with E-state index < -0.39 is 12.0 Å². The molecule has 0 spiro atoms. The van der Waals surface area contributed by atoms with Crippen LogP contribution in [0.25, 0.3) is 0 Å². The Hall–Kier alpha value is -0.690. The van der Waals surface area contributed by atoms with Gasteiger partial charge in [-0.2, -0.15) is 0 Å². The summed E-state index contributed by atoms with van der Waals surface area (Å²) in [4.78, 5) is 13.4. The molecule has 1 unspecified atom stereocenters. The fourth-order valence-corrected chi connectivity index (χ4v) is 2.00. The molecular weight excluding hydrogens is 272 g/mol. The van der Waals surface area contributed by atoms with Gasteiger partial charge in [-0.3, -0.25) is 9.69 Å². The highest BCUT2D eigenvalue weighted by molar-refractivity contribution is 5.73. The highest BCUT2D eigenvalue weighted by Gasteiger charge is 2.19. The van der Waals surface area contributed by atoms with Crippen molar-refractivity contribution in [1.29, 1.82) is 0 Å². The largest absolute Gasteiger partial charge is 0.480 e. The molecule has 0 amide bonds. The fourth-order valence-electron chi connectivity index (χ4n) is 2.00. The molecule has 0 fully saturated rings. The van der Waals surface area contributed by atoms with Gasteiger partial charge >= 0.3 is 5.97 Å². The molecule has 0 saturated heterocycles. The Morgan fingerprint density at radius 2 is 1.62 bits per heavy atom. The maximum atomic E-state index is 11.2. The number of nitrogens with zero attached hydrogens (tertiary/aromatic N) is 1. The molecule has 6 nitrogen and oxygen atoms in total. The number of ether oxygens (including phenoxy) is 2. The van der Waals surface area contributed by atoms with Gasteiger partial charge in [0.1, 0.15) is 6.04 Å². The Kier molecular flexibility index (Phi) is 12.6. The number of carboxylic acids is 1. The predicted octanol–water partition coefficient (Wildman–Crippen LogP) is 1.20. The number of carbonyl (C=O) groups is 1. The second-order valence-electron chi connectivity index (χ2n) is 5.24. The van der Waals surface area contributed by atoms with Crippen molar-refractivity contribution in [3.8, 4) is 0 Å². The van der Waals surface area contributed by atoms with Crippen LogP contribution < -0.4 is 5.32 Å². The van der Waals surface area contributed by atoms with Gasteiger partial charge in [0.05, 0.1) is 13.2 Å². The second-order valence-corrected chi connectivity index (χ2v) is 5.24. The second kappa shape index (κ2) is 13.0. The zero-order valence-corrected chi connectivity index (χ0v) is 13.9. The summed E-state index contributed by atoms with van der Waals surface area (Å²) in [5.74, 6) is -0.793. The molecule has 21 heavy (non-hydrogen) atoms. The third kappa shape index (κ3) is 11.6. The first-order chi connectivity index (χ1) is 10.0. The van der Waals surface area contributed by atoms with E-state index in [2.05, 4.69) is 10.2 Å². The molecule has 0 aliphatic carbocycles. The molecule has 1 atom stereocenters. The van der Waals surface area contributed by atoms with E-state index in [-0.39, 0.29) is 6.04 Å². The summed E-state index contributed by atoms with van der Waals surface area (Å²) in [6.07, 6.45) is 0.575. The third-order valence-electron chi connectivity index (χ3n) is 3.08. The SMILES string of the molecule is CCOCCN(CCOCC)CCC(NC(C)C)C(=O)O. The molecule has 0 aliphatic heterocycles. The minimum absolute atomic E-state index is 0.159. The standard InChI is InChI=1S/C15H32N2O4/c1-5-20-11-9-17(10-12-21-6-2)8-7-14(15(18)19)16-13(3)4/h13-14,16H,5-12H2,1-4H3,(H,18,19). The molecule has 2 N–H and O–H groups in total. The van der Waals surface area contributed by atoms with Crippen molar-refractivity contribution in [1.82, 2.24) is 10.2 Å². The van der Waals surface area contributed by atoms with Crippen molar-refractivity contribution in [2.45, 2.75) is 46.2 Å². The first-order valence-corrected chi connectivity index (χ1v) is 7.87. The number of hydrogen-bond acceptors (Lipinski definition) is 5. The Labute approximate surface area is 128 Å². The van der Waals surface area contributed by atoms with E-state index >= 15 is 0 Å². The number of rotatable bonds is 14. The number of carboxylic acid groups (broad SMARTS) is 1. The normalized spacial score (nSPS) is 13.0. The zero-order valence-electron chi connectivity index (χ0n) is 13.9. The van der Waals surface area contributed by atoms with Crippen LogP contribution in [0.4, 0.5) is 0 Å². The smallest absolute Gasteiger partial charge is 0.320 e. The van der Waals surface area contributed by atoms with Gasteiger partial charge in [0, 0.05) is 38.9 Å². The van der Waals surface area contributed by atoms with Crippen molar-refractivity contribution in [3.05, 3.63) is 0 Å². The van der Waals surface area contributed by atoms with Crippen molar-refractivity contribution in [2.75, 3.05) is 46.1 Å². The van der Waals surface area contributed by atoms with Gasteiger partial charge in [0.2, 0.25) is 0 Å². The summed E-state index contributed by atoms with van der Waals surface area (Å²) in [6, 6.07) is -0.349. The minimum Gasteiger partial charge on any atom is -0.480 e. The maximum absolute atomic E-state index is 11.2. The number of hydrogen-bond donors (Lipinski definition) is 2. The first-order valence-electron chi connectivity index (χ1n) is 7.87. The van der Waals surface area contributed by atoms with Crippen molar-refractivity contribution in [2.24, 2.45) is 0 Å². The lowest BCUT2D eigenvalue weighted by molar-refractivity contribution is -0.140. The predicted molar refractivity (Wildman–Crippen MR) is 83.7 cm³/mol. The van der Waals surface area contributed by atoms with Crippen LogP contribution in [0.2, 0.25) is 0 Å². The molecule has 0 heterocycles. The molecule has 126 valence electrons. The topological polar surface area (TPSA) is 71.0 Å². The molecule has 0 radical (unpaired) electrons. The number of aliphatic carboxylic acids is 1. The van der Waals surface area contributed by atoms with E-state index in [4.69, 9.17) is 9.47 Å². The van der Waals surface area contributed by atoms with E-state index in [1.165, 1.54) is 0 Å². The first kappa shape index (κ1) is 20.3. The van der Waals surface area contributed by atoms with Gasteiger partial charge in [0.25, 0.3) is 0 Å². The quantitative estimate of drug-likeness (QED) is 0.470. The third-order valence-corrected chi connectivity index (χ3v) is 3.08. The summed E-state index contributed by atoms with van der Waals surface area (Å²) in [7, 11) is 0. The Morgan fingerprint density at radius 3 is 2.00 bits per heavy atom. The monoisotopic (exact) mass is 304 g/mol. The highest BCUT2D eigenvalue weighted by atomic mass is 16.5. The summed E-state index contributed by atoms with van der Waals surface area (Å²) >= 11 is 0. The summed E-state index contributed by atoms with van der Waals surface area (Å²) < 4.78 is 10.7. The molecular formula is C15H32N2O4. The van der Waals surface area contributed by atoms with Gasteiger partial charge in [-0.25, -0.2) is 0 Å². The van der Waals surface area contributed by atoms with Crippen LogP contribution in [-0.4, -0.2) is 74.1 Å². The van der Waals surface area contributed by atoms with Gasteiger partial charge < -0.3 is 19.9 Å². The molecule has 0 aliphatic rings. The average molecular weight is 304 g/mol. The van der Waals surface area contributed by atoms with E-state index in [0.717, 1.165) is 19.6 Å². The molecule has 0 bridgehead atoms. The van der Waals surface area contributed by atoms with Crippen LogP contribution in [0.1, 0.15) is 34.1 Å². The van der Waals surface area contributed by atoms with Gasteiger partial charge in [0.15, 0.2) is 0 Å². The Bertz CT molecular complexity index is 252. The molecule has 6 heteroatoms. The zero-order chi connectivity index (χ0) is 16.1. The van der Waals surface area contributed by atoms with E-state index in [1.807, 2.05) is 27.7 Å². The van der Waals surface area contributed by atoms with E-state index in [0.29, 0.717) is 32.8 Å². The lowest BCUT2D eigenvalue weighted by Crippen LogP contribution is -2.44. The number of nitrogens with one attached hydrogen (secondary N) is 1. The minimum atomic E-state index is -0.793. The van der Waals surface area contributed by atoms with Crippen molar-refractivity contribution >= 4 is 5.97 Å². The Morgan fingerprint density at radius 1 is 1.10 bits per heavy atom. The highest BCUT2D eigenvalue weighted by Crippen LogP contribution is 2.00. The fraction of sp³-hybridized carbons (Fsp3) is 0.933. The van der Waals surface area contributed by atoms with E-state index in [1.54, 1.807) is 0 Å². The van der Waals surface area contributed by atoms with Gasteiger partial charge in [-0.05, 0) is 20.3 Å². The van der Waals surface area contributed by atoms with Crippen molar-refractivity contribution in [3.63, 3.8) is 0 Å². The van der Waals surface area contributed by atoms with E-state index in [9.17, 15) is 9.90 Å². The van der Waals surface area contributed by atoms with Gasteiger partial charge in [-0.15, -0.1) is 0 Å². The van der Waals surface area contributed by atoms with Crippen LogP contribution in [0.3, 0.4) is 0 Å². The maximum Gasteiger partial charge on any atom is 0.320 e. The lowest BCUT2D eigenvalue weighted by Gasteiger charge is -2.25. The van der Waals surface area contributed by atoms with Gasteiger partial charge in [-0.1, -0.05) is 13.8 Å². The molecule has 0 rings (SSSR count). The lowest BCUT2D eigenvalue weighted by atomic mass is 10.1.